The fourth-order valence-electron chi connectivity index (χ4n) is 5.48. The number of para-hydroxylation sites is 1. The first-order chi connectivity index (χ1) is 16.2. The molecule has 3 nitrogen and oxygen atoms in total. The minimum absolute atomic E-state index is 0.762. The quantitative estimate of drug-likeness (QED) is 0.333. The van der Waals surface area contributed by atoms with Crippen molar-refractivity contribution in [1.82, 2.24) is 14.8 Å². The highest BCUT2D eigenvalue weighted by Crippen LogP contribution is 2.28. The predicted molar refractivity (Wildman–Crippen MR) is 141 cm³/mol. The summed E-state index contributed by atoms with van der Waals surface area (Å²) >= 11 is 0. The molecular formula is C30H35N3. The third-order valence-corrected chi connectivity index (χ3v) is 7.43. The molecule has 1 aliphatic rings. The van der Waals surface area contributed by atoms with E-state index in [9.17, 15) is 0 Å². The van der Waals surface area contributed by atoms with Crippen LogP contribution in [0.1, 0.15) is 32.3 Å². The van der Waals surface area contributed by atoms with Crippen LogP contribution < -0.4 is 0 Å². The Morgan fingerprint density at radius 3 is 2.36 bits per heavy atom. The molecule has 1 aliphatic heterocycles. The average molecular weight is 438 g/mol. The molecule has 0 radical (unpaired) electrons. The third kappa shape index (κ3) is 4.80. The Kier molecular flexibility index (Phi) is 6.70. The third-order valence-electron chi connectivity index (χ3n) is 7.43. The Morgan fingerprint density at radius 2 is 1.58 bits per heavy atom. The Bertz CT molecular complexity index is 1220. The predicted octanol–water partition coefficient (Wildman–Crippen LogP) is 6.40. The van der Waals surface area contributed by atoms with Crippen molar-refractivity contribution in [3.63, 3.8) is 0 Å². The Labute approximate surface area is 198 Å². The van der Waals surface area contributed by atoms with Crippen molar-refractivity contribution in [2.75, 3.05) is 32.7 Å². The number of aromatic nitrogens is 1. The molecule has 0 N–H and O–H groups in total. The molecule has 1 saturated heterocycles. The van der Waals surface area contributed by atoms with E-state index in [0.717, 1.165) is 30.2 Å². The summed E-state index contributed by atoms with van der Waals surface area (Å²) in [5.74, 6) is 0. The van der Waals surface area contributed by atoms with Crippen LogP contribution in [0.2, 0.25) is 0 Å². The van der Waals surface area contributed by atoms with Crippen molar-refractivity contribution >= 4 is 21.7 Å². The number of hydrogen-bond donors (Lipinski definition) is 0. The maximum atomic E-state index is 5.04. The summed E-state index contributed by atoms with van der Waals surface area (Å²) in [6.45, 7) is 10.5. The second kappa shape index (κ2) is 10.0. The molecule has 3 aromatic carbocycles. The monoisotopic (exact) mass is 437 g/mol. The Hall–Kier alpha value is -2.75. The van der Waals surface area contributed by atoms with E-state index in [-0.39, 0.29) is 0 Å². The molecule has 3 heteroatoms. The molecule has 0 aliphatic carbocycles. The topological polar surface area (TPSA) is 19.4 Å². The first kappa shape index (κ1) is 22.1. The fraction of sp³-hybridized carbons (Fsp3) is 0.367. The molecule has 0 saturated carbocycles. The Morgan fingerprint density at radius 1 is 0.848 bits per heavy atom. The van der Waals surface area contributed by atoms with E-state index in [0.29, 0.717) is 0 Å². The second-order valence-electron chi connectivity index (χ2n) is 9.29. The van der Waals surface area contributed by atoms with Crippen LogP contribution in [0.25, 0.3) is 32.9 Å². The van der Waals surface area contributed by atoms with Crippen LogP contribution >= 0.6 is 0 Å². The zero-order valence-corrected chi connectivity index (χ0v) is 20.0. The first-order valence-electron chi connectivity index (χ1n) is 12.6. The van der Waals surface area contributed by atoms with Gasteiger partial charge in [-0.25, -0.2) is 4.98 Å². The largest absolute Gasteiger partial charge is 0.303 e. The van der Waals surface area contributed by atoms with E-state index in [1.165, 1.54) is 66.3 Å². The average Bonchev–Trinajstić information content (AvgIpc) is 2.88. The molecule has 1 aromatic heterocycles. The van der Waals surface area contributed by atoms with Crippen molar-refractivity contribution in [3.05, 3.63) is 78.4 Å². The number of piperidine rings is 1. The number of likely N-dealkylation sites (tertiary alicyclic amines) is 1. The SMILES string of the molecule is CCN(CC)C1CCN(CCc2cc(-c3ccc4ccccc4c3)nc3ccccc23)CC1. The second-order valence-corrected chi connectivity index (χ2v) is 9.29. The molecule has 0 amide bonds. The Balaban J connectivity index is 1.37. The molecule has 33 heavy (non-hydrogen) atoms. The van der Waals surface area contributed by atoms with E-state index in [1.54, 1.807) is 0 Å². The highest BCUT2D eigenvalue weighted by Gasteiger charge is 2.22. The molecule has 170 valence electrons. The summed E-state index contributed by atoms with van der Waals surface area (Å²) in [5.41, 5.74) is 4.78. The van der Waals surface area contributed by atoms with Crippen molar-refractivity contribution in [1.29, 1.82) is 0 Å². The maximum Gasteiger partial charge on any atom is 0.0712 e. The van der Waals surface area contributed by atoms with Gasteiger partial charge in [0.05, 0.1) is 11.2 Å². The molecule has 2 heterocycles. The fourth-order valence-corrected chi connectivity index (χ4v) is 5.48. The van der Waals surface area contributed by atoms with Gasteiger partial charge in [0.2, 0.25) is 0 Å². The molecule has 0 spiro atoms. The van der Waals surface area contributed by atoms with Gasteiger partial charge in [0.1, 0.15) is 0 Å². The van der Waals surface area contributed by atoms with Gasteiger partial charge >= 0.3 is 0 Å². The van der Waals surface area contributed by atoms with Crippen molar-refractivity contribution < 1.29 is 0 Å². The summed E-state index contributed by atoms with van der Waals surface area (Å²) in [6.07, 6.45) is 3.65. The van der Waals surface area contributed by atoms with Gasteiger partial charge < -0.3 is 9.80 Å². The zero-order valence-electron chi connectivity index (χ0n) is 20.0. The van der Waals surface area contributed by atoms with Crippen LogP contribution in [-0.2, 0) is 6.42 Å². The summed E-state index contributed by atoms with van der Waals surface area (Å²) in [7, 11) is 0. The van der Waals surface area contributed by atoms with Crippen LogP contribution in [0, 0.1) is 0 Å². The molecule has 5 rings (SSSR count). The van der Waals surface area contributed by atoms with E-state index >= 15 is 0 Å². The van der Waals surface area contributed by atoms with Gasteiger partial charge in [-0.1, -0.05) is 68.4 Å². The van der Waals surface area contributed by atoms with E-state index < -0.39 is 0 Å². The zero-order chi connectivity index (χ0) is 22.6. The van der Waals surface area contributed by atoms with Crippen LogP contribution in [0.3, 0.4) is 0 Å². The standard InChI is InChI=1S/C30H35N3/c1-3-33(4-2)27-16-19-32(20-17-27)18-15-25-22-30(31-29-12-8-7-11-28(25)29)26-14-13-23-9-5-6-10-24(23)21-26/h5-14,21-22,27H,3-4,15-20H2,1-2H3. The molecule has 0 unspecified atom stereocenters. The highest BCUT2D eigenvalue weighted by atomic mass is 15.2. The minimum Gasteiger partial charge on any atom is -0.303 e. The summed E-state index contributed by atoms with van der Waals surface area (Å²) in [6, 6.07) is 27.0. The lowest BCUT2D eigenvalue weighted by Gasteiger charge is -2.37. The number of nitrogens with zero attached hydrogens (tertiary/aromatic N) is 3. The van der Waals surface area contributed by atoms with E-state index in [2.05, 4.69) is 96.4 Å². The van der Waals surface area contributed by atoms with Gasteiger partial charge in [-0.05, 0) is 80.0 Å². The maximum absolute atomic E-state index is 5.04. The van der Waals surface area contributed by atoms with Crippen LogP contribution in [0.15, 0.2) is 72.8 Å². The minimum atomic E-state index is 0.762. The van der Waals surface area contributed by atoms with Gasteiger partial charge in [-0.15, -0.1) is 0 Å². The van der Waals surface area contributed by atoms with Crippen LogP contribution in [0.5, 0.6) is 0 Å². The van der Waals surface area contributed by atoms with Gasteiger partial charge in [0.15, 0.2) is 0 Å². The molecular weight excluding hydrogens is 402 g/mol. The molecule has 0 bridgehead atoms. The van der Waals surface area contributed by atoms with Crippen molar-refractivity contribution in [2.24, 2.45) is 0 Å². The first-order valence-corrected chi connectivity index (χ1v) is 12.6. The van der Waals surface area contributed by atoms with Gasteiger partial charge in [0.25, 0.3) is 0 Å². The molecule has 4 aromatic rings. The summed E-state index contributed by atoms with van der Waals surface area (Å²) < 4.78 is 0. The van der Waals surface area contributed by atoms with Gasteiger partial charge in [0, 0.05) is 23.5 Å². The van der Waals surface area contributed by atoms with Crippen LogP contribution in [0.4, 0.5) is 0 Å². The summed E-state index contributed by atoms with van der Waals surface area (Å²) in [4.78, 5) is 10.3. The van der Waals surface area contributed by atoms with E-state index in [1.807, 2.05) is 0 Å². The summed E-state index contributed by atoms with van der Waals surface area (Å²) in [5, 5.41) is 3.83. The molecule has 0 atom stereocenters. The molecule has 1 fully saturated rings. The normalized spacial score (nSPS) is 15.6. The lowest BCUT2D eigenvalue weighted by molar-refractivity contribution is 0.117. The number of hydrogen-bond acceptors (Lipinski definition) is 3. The smallest absolute Gasteiger partial charge is 0.0712 e. The lowest BCUT2D eigenvalue weighted by Crippen LogP contribution is -2.45. The highest BCUT2D eigenvalue weighted by molar-refractivity contribution is 5.89. The van der Waals surface area contributed by atoms with Crippen molar-refractivity contribution in [3.8, 4) is 11.3 Å². The number of benzene rings is 3. The number of pyridine rings is 1. The number of rotatable bonds is 7. The van der Waals surface area contributed by atoms with Gasteiger partial charge in [-0.3, -0.25) is 0 Å². The lowest BCUT2D eigenvalue weighted by atomic mass is 9.99. The van der Waals surface area contributed by atoms with Crippen LogP contribution in [-0.4, -0.2) is 53.5 Å². The van der Waals surface area contributed by atoms with E-state index in [4.69, 9.17) is 4.98 Å². The van der Waals surface area contributed by atoms with Gasteiger partial charge in [-0.2, -0.15) is 0 Å². The number of fused-ring (bicyclic) bond motifs is 2. The van der Waals surface area contributed by atoms with Crippen molar-refractivity contribution in [2.45, 2.75) is 39.2 Å².